The first-order valence-electron chi connectivity index (χ1n) is 24.4. The summed E-state index contributed by atoms with van der Waals surface area (Å²) in [5.41, 5.74) is 6.92. The van der Waals surface area contributed by atoms with Crippen molar-refractivity contribution in [1.82, 2.24) is 0 Å². The van der Waals surface area contributed by atoms with E-state index >= 15 is 0 Å². The summed E-state index contributed by atoms with van der Waals surface area (Å²) in [5.74, 6) is -0.912. The van der Waals surface area contributed by atoms with Gasteiger partial charge in [-0.15, -0.1) is 0 Å². The Balaban J connectivity index is 0.000000267. The second kappa shape index (κ2) is 33.1. The maximum Gasteiger partial charge on any atom is 0.303 e. The van der Waals surface area contributed by atoms with E-state index in [-0.39, 0.29) is 50.6 Å². The van der Waals surface area contributed by atoms with Crippen molar-refractivity contribution in [3.05, 3.63) is 167 Å². The average Bonchev–Trinajstić information content (AvgIpc) is 3.55. The fourth-order valence-corrected chi connectivity index (χ4v) is 14.0. The van der Waals surface area contributed by atoms with Gasteiger partial charge < -0.3 is 29.5 Å². The van der Waals surface area contributed by atoms with Crippen LogP contribution in [0.2, 0.25) is 10.0 Å². The van der Waals surface area contributed by atoms with Gasteiger partial charge in [-0.25, -0.2) is 25.3 Å². The quantitative estimate of drug-likeness (QED) is 0.0294. The first-order chi connectivity index (χ1) is 38.7. The minimum Gasteiger partial charge on any atom is -0.487 e. The van der Waals surface area contributed by atoms with Gasteiger partial charge in [-0.1, -0.05) is 29.3 Å². The molecular weight excluding hydrogens is 1580 g/mol. The van der Waals surface area contributed by atoms with Crippen molar-refractivity contribution in [2.45, 2.75) is 79.1 Å². The van der Waals surface area contributed by atoms with Crippen LogP contribution in [-0.4, -0.2) is 76.2 Å². The number of sulfonamides is 3. The molecule has 0 spiro atoms. The van der Waals surface area contributed by atoms with Gasteiger partial charge in [0, 0.05) is 35.0 Å². The Morgan fingerprint density at radius 3 is 0.988 bits per heavy atom. The molecule has 0 bridgehead atoms. The van der Waals surface area contributed by atoms with Gasteiger partial charge in [0.2, 0.25) is 30.1 Å². The maximum atomic E-state index is 11.8. The number of hydrogen-bond acceptors (Lipinski definition) is 12. The lowest BCUT2D eigenvalue weighted by Gasteiger charge is -2.14. The normalized spacial score (nSPS) is 11.3. The number of carboxylic acid groups (broad SMARTS) is 3. The van der Waals surface area contributed by atoms with Crippen LogP contribution in [0.1, 0.15) is 72.1 Å². The largest absolute Gasteiger partial charge is 0.487 e. The third-order valence-corrected chi connectivity index (χ3v) is 18.1. The molecule has 6 N–H and O–H groups in total. The molecule has 0 unspecified atom stereocenters. The molecule has 0 saturated heterocycles. The van der Waals surface area contributed by atoms with Gasteiger partial charge in [0.05, 0.1) is 56.0 Å². The van der Waals surface area contributed by atoms with E-state index in [1.165, 1.54) is 12.1 Å². The molecule has 0 saturated carbocycles. The number of carboxylic acids is 3. The second-order valence-corrected chi connectivity index (χ2v) is 29.8. The number of nitrogens with one attached hydrogen (secondary N) is 3. The van der Waals surface area contributed by atoms with Gasteiger partial charge in [0.25, 0.3) is 0 Å². The van der Waals surface area contributed by atoms with E-state index in [9.17, 15) is 39.6 Å². The van der Waals surface area contributed by atoms with Crippen LogP contribution in [0.5, 0.6) is 17.2 Å². The first-order valence-corrected chi connectivity index (χ1v) is 35.1. The van der Waals surface area contributed by atoms with Gasteiger partial charge in [-0.05, 0) is 259 Å². The predicted octanol–water partition coefficient (Wildman–Crippen LogP) is 14.9. The van der Waals surface area contributed by atoms with Gasteiger partial charge in [-0.3, -0.25) is 28.5 Å². The van der Waals surface area contributed by atoms with Crippen LogP contribution in [0, 0.1) is 6.92 Å². The Kier molecular flexibility index (Phi) is 28.4. The number of anilines is 3. The third kappa shape index (κ3) is 26.2. The Morgan fingerprint density at radius 1 is 0.434 bits per heavy atom. The van der Waals surface area contributed by atoms with E-state index in [0.717, 1.165) is 34.1 Å². The molecule has 0 atom stereocenters. The van der Waals surface area contributed by atoms with Crippen LogP contribution < -0.4 is 28.4 Å². The summed E-state index contributed by atoms with van der Waals surface area (Å²) in [5, 5.41) is 27.2. The molecule has 0 heterocycles. The molecule has 0 aliphatic carbocycles. The van der Waals surface area contributed by atoms with Crippen molar-refractivity contribution >= 4 is 184 Å². The third-order valence-electron chi connectivity index (χ3n) is 10.9. The molecule has 6 aromatic carbocycles. The number of aryl methyl sites for hydroxylation is 4. The summed E-state index contributed by atoms with van der Waals surface area (Å²) in [6.45, 7) is 5.58. The minimum atomic E-state index is -3.41. The molecule has 0 fully saturated rings. The second-order valence-electron chi connectivity index (χ2n) is 18.0. The molecule has 0 amide bonds. The lowest BCUT2D eigenvalue weighted by molar-refractivity contribution is -0.138. The van der Waals surface area contributed by atoms with Crippen LogP contribution in [0.4, 0.5) is 17.1 Å². The molecule has 6 rings (SSSR count). The van der Waals surface area contributed by atoms with E-state index in [1.807, 2.05) is 37.3 Å². The minimum absolute atomic E-state index is 0.000889. The summed E-state index contributed by atoms with van der Waals surface area (Å²) in [4.78, 5) is 32.2. The standard InChI is InChI=1S/C19H21Br2NO5S.C18H18Br2ClNO5S.C17H16Br2ClNO5S/c1-3-28(25,26)22-15-7-12(2)6-14(8-15)11-27-19-16(20)9-13(10-17(19)21)4-5-18(23)24;1-2-28(25,26)22-14-6-12(5-13(21)9-14)10-27-18-15(19)7-11(8-16(18)20)3-4-17(23)24;1-27(24,25)21-13-5-11(4-12(20)8-13)9-26-17-14(18)6-10(7-15(17)19)2-3-16(22)23/h6-10,22H,3-5,11H2,1-2H3,(H,23,24);5-9,22H,2-4,10H2,1H3,(H,23,24);4-8,21H,2-3,9H2,1H3,(H,22,23). The molecular formula is C54H55Br6Cl2N3O15S3. The molecule has 0 radical (unpaired) electrons. The van der Waals surface area contributed by atoms with Gasteiger partial charge >= 0.3 is 17.9 Å². The SMILES string of the molecule is CCS(=O)(=O)Nc1cc(C)cc(COc2c(Br)cc(CCC(=O)O)cc2Br)c1.CCS(=O)(=O)Nc1cc(Cl)cc(COc2c(Br)cc(CCC(=O)O)cc2Br)c1.CS(=O)(=O)Nc1cc(Cl)cc(COc2c(Br)cc(CCC(=O)O)cc2Br)c1. The highest BCUT2D eigenvalue weighted by Gasteiger charge is 2.17. The van der Waals surface area contributed by atoms with Gasteiger partial charge in [0.15, 0.2) is 0 Å². The lowest BCUT2D eigenvalue weighted by Crippen LogP contribution is -2.15. The number of halogens is 8. The summed E-state index contributed by atoms with van der Waals surface area (Å²) in [7, 11) is -10.2. The van der Waals surface area contributed by atoms with Crippen LogP contribution in [0.25, 0.3) is 0 Å². The summed E-state index contributed by atoms with van der Waals surface area (Å²) >= 11 is 32.8. The number of rotatable bonds is 26. The van der Waals surface area contributed by atoms with E-state index in [0.29, 0.717) is 102 Å². The maximum absolute atomic E-state index is 11.8. The van der Waals surface area contributed by atoms with Gasteiger partial charge in [-0.2, -0.15) is 0 Å². The fourth-order valence-electron chi connectivity index (χ4n) is 7.21. The van der Waals surface area contributed by atoms with Crippen molar-refractivity contribution in [3.63, 3.8) is 0 Å². The topological polar surface area (TPSA) is 278 Å². The van der Waals surface area contributed by atoms with Crippen LogP contribution in [0.15, 0.2) is 118 Å². The Bertz CT molecular complexity index is 3450. The van der Waals surface area contributed by atoms with Crippen molar-refractivity contribution < 1.29 is 69.2 Å². The number of carbonyl (C=O) groups is 3. The van der Waals surface area contributed by atoms with E-state index in [2.05, 4.69) is 110 Å². The summed E-state index contributed by atoms with van der Waals surface area (Å²) in [6, 6.07) is 26.0. The van der Waals surface area contributed by atoms with E-state index < -0.39 is 48.0 Å². The van der Waals surface area contributed by atoms with Crippen molar-refractivity contribution in [2.24, 2.45) is 0 Å². The van der Waals surface area contributed by atoms with Gasteiger partial charge in [0.1, 0.15) is 37.1 Å². The highest BCUT2D eigenvalue weighted by atomic mass is 79.9. The molecule has 0 aliphatic heterocycles. The predicted molar refractivity (Wildman–Crippen MR) is 345 cm³/mol. The highest BCUT2D eigenvalue weighted by molar-refractivity contribution is 9.12. The monoisotopic (exact) mass is 1620 g/mol. The lowest BCUT2D eigenvalue weighted by atomic mass is 10.1. The van der Waals surface area contributed by atoms with E-state index in [4.69, 9.17) is 52.7 Å². The van der Waals surface area contributed by atoms with Crippen LogP contribution >= 0.6 is 119 Å². The molecule has 18 nitrogen and oxygen atoms in total. The summed E-state index contributed by atoms with van der Waals surface area (Å²) < 4.78 is 99.0. The van der Waals surface area contributed by atoms with Crippen molar-refractivity contribution in [1.29, 1.82) is 0 Å². The number of benzene rings is 6. The van der Waals surface area contributed by atoms with Crippen LogP contribution in [0.3, 0.4) is 0 Å². The molecule has 0 aliphatic rings. The van der Waals surface area contributed by atoms with Crippen LogP contribution in [-0.2, 0) is 83.5 Å². The zero-order chi connectivity index (χ0) is 62.0. The van der Waals surface area contributed by atoms with Crippen molar-refractivity contribution in [3.8, 4) is 17.2 Å². The Morgan fingerprint density at radius 2 is 0.711 bits per heavy atom. The Hall–Kier alpha value is -4.16. The number of ether oxygens (including phenoxy) is 3. The molecule has 0 aromatic heterocycles. The smallest absolute Gasteiger partial charge is 0.303 e. The highest BCUT2D eigenvalue weighted by Crippen LogP contribution is 2.39. The molecule has 29 heteroatoms. The zero-order valence-electron chi connectivity index (χ0n) is 44.4. The number of aliphatic carboxylic acids is 3. The molecule has 450 valence electrons. The summed E-state index contributed by atoms with van der Waals surface area (Å²) in [6.07, 6.45) is 2.42. The van der Waals surface area contributed by atoms with Crippen molar-refractivity contribution in [2.75, 3.05) is 31.9 Å². The van der Waals surface area contributed by atoms with E-state index in [1.54, 1.807) is 62.4 Å². The zero-order valence-corrected chi connectivity index (χ0v) is 57.9. The Labute approximate surface area is 542 Å². The number of hydrogen-bond donors (Lipinski definition) is 6. The fraction of sp³-hybridized carbons (Fsp3) is 0.278. The molecule has 6 aromatic rings. The average molecular weight is 1630 g/mol. The molecule has 83 heavy (non-hydrogen) atoms. The first kappa shape index (κ1) is 71.3.